The molecule has 2 rings (SSSR count). The summed E-state index contributed by atoms with van der Waals surface area (Å²) < 4.78 is 30.4. The molecule has 0 aromatic heterocycles. The number of anilines is 1. The first kappa shape index (κ1) is 12.7. The second-order valence-corrected chi connectivity index (χ2v) is 5.18. The highest BCUT2D eigenvalue weighted by molar-refractivity contribution is 7.85. The lowest BCUT2D eigenvalue weighted by Crippen LogP contribution is -2.31. The van der Waals surface area contributed by atoms with Crippen LogP contribution in [0.15, 0.2) is 29.2 Å². The molecule has 0 radical (unpaired) electrons. The Morgan fingerprint density at radius 2 is 1.72 bits per heavy atom. The van der Waals surface area contributed by atoms with Gasteiger partial charge in [-0.05, 0) is 24.3 Å². The van der Waals surface area contributed by atoms with Crippen LogP contribution in [0, 0.1) is 0 Å². The molecule has 2 N–H and O–H groups in total. The number of aliphatic hydroxyl groups is 1. The highest BCUT2D eigenvalue weighted by atomic mass is 32.2. The zero-order valence-corrected chi connectivity index (χ0v) is 9.79. The van der Waals surface area contributed by atoms with Crippen LogP contribution in [0.5, 0.6) is 0 Å². The van der Waals surface area contributed by atoms with Crippen molar-refractivity contribution in [1.82, 2.24) is 0 Å². The van der Waals surface area contributed by atoms with Gasteiger partial charge in [-0.3, -0.25) is 14.1 Å². The Morgan fingerprint density at radius 3 is 2.11 bits per heavy atom. The van der Waals surface area contributed by atoms with Gasteiger partial charge in [-0.15, -0.1) is 0 Å². The van der Waals surface area contributed by atoms with Gasteiger partial charge in [0.1, 0.15) is 6.10 Å². The lowest BCUT2D eigenvalue weighted by molar-refractivity contribution is -0.124. The summed E-state index contributed by atoms with van der Waals surface area (Å²) in [6.07, 6.45) is -1.66. The Morgan fingerprint density at radius 1 is 1.17 bits per heavy atom. The summed E-state index contributed by atoms with van der Waals surface area (Å²) in [6.45, 7) is 0. The fraction of sp³-hybridized carbons (Fsp3) is 0.200. The SMILES string of the molecule is O=C1CC(O)C(=O)N1c1ccc(S(=O)(=O)O)cc1. The molecule has 1 aromatic rings. The fourth-order valence-electron chi connectivity index (χ4n) is 1.65. The van der Waals surface area contributed by atoms with Crippen LogP contribution in [0.2, 0.25) is 0 Å². The van der Waals surface area contributed by atoms with Gasteiger partial charge < -0.3 is 5.11 Å². The third-order valence-corrected chi connectivity index (χ3v) is 3.38. The normalized spacial score (nSPS) is 20.6. The van der Waals surface area contributed by atoms with Gasteiger partial charge >= 0.3 is 0 Å². The molecule has 1 unspecified atom stereocenters. The summed E-state index contributed by atoms with van der Waals surface area (Å²) in [5.74, 6) is -1.31. The van der Waals surface area contributed by atoms with E-state index in [0.29, 0.717) is 0 Å². The van der Waals surface area contributed by atoms with Gasteiger partial charge in [0, 0.05) is 0 Å². The van der Waals surface area contributed by atoms with Crippen molar-refractivity contribution in [1.29, 1.82) is 0 Å². The number of carbonyl (C=O) groups excluding carboxylic acids is 2. The maximum absolute atomic E-state index is 11.5. The second kappa shape index (κ2) is 4.16. The molecule has 1 aromatic carbocycles. The van der Waals surface area contributed by atoms with Gasteiger partial charge in [0.25, 0.3) is 16.0 Å². The average Bonchev–Trinajstić information content (AvgIpc) is 2.52. The van der Waals surface area contributed by atoms with E-state index >= 15 is 0 Å². The number of carbonyl (C=O) groups is 2. The predicted octanol–water partition coefficient (Wildman–Crippen LogP) is -0.443. The van der Waals surface area contributed by atoms with Crippen LogP contribution >= 0.6 is 0 Å². The Hall–Kier alpha value is -1.77. The van der Waals surface area contributed by atoms with E-state index < -0.39 is 28.0 Å². The Balaban J connectivity index is 2.36. The van der Waals surface area contributed by atoms with Gasteiger partial charge in [0.2, 0.25) is 5.91 Å². The van der Waals surface area contributed by atoms with E-state index in [1.54, 1.807) is 0 Å². The van der Waals surface area contributed by atoms with Crippen LogP contribution < -0.4 is 4.90 Å². The van der Waals surface area contributed by atoms with Crippen molar-refractivity contribution in [3.05, 3.63) is 24.3 Å². The molecule has 0 bridgehead atoms. The Labute approximate surface area is 102 Å². The maximum Gasteiger partial charge on any atom is 0.294 e. The van der Waals surface area contributed by atoms with Crippen molar-refractivity contribution in [2.75, 3.05) is 4.90 Å². The second-order valence-electron chi connectivity index (χ2n) is 3.76. The highest BCUT2D eigenvalue weighted by Gasteiger charge is 2.38. The number of aliphatic hydroxyl groups excluding tert-OH is 1. The third-order valence-electron chi connectivity index (χ3n) is 2.52. The predicted molar refractivity (Wildman–Crippen MR) is 59.4 cm³/mol. The number of amides is 2. The molecule has 0 spiro atoms. The number of benzene rings is 1. The van der Waals surface area contributed by atoms with E-state index in [9.17, 15) is 23.1 Å². The molecule has 1 aliphatic heterocycles. The van der Waals surface area contributed by atoms with Crippen molar-refractivity contribution in [3.63, 3.8) is 0 Å². The number of hydrogen-bond donors (Lipinski definition) is 2. The summed E-state index contributed by atoms with van der Waals surface area (Å²) in [5, 5.41) is 9.24. The Kier molecular flexibility index (Phi) is 2.93. The van der Waals surface area contributed by atoms with E-state index in [-0.39, 0.29) is 17.0 Å². The number of hydrogen-bond acceptors (Lipinski definition) is 5. The van der Waals surface area contributed by atoms with Crippen LogP contribution in [0.4, 0.5) is 5.69 Å². The monoisotopic (exact) mass is 271 g/mol. The molecule has 2 amide bonds. The molecule has 1 atom stereocenters. The molecule has 0 aliphatic carbocycles. The van der Waals surface area contributed by atoms with Crippen molar-refractivity contribution in [2.24, 2.45) is 0 Å². The van der Waals surface area contributed by atoms with Gasteiger partial charge in [-0.25, -0.2) is 4.90 Å². The van der Waals surface area contributed by atoms with Gasteiger partial charge in [0.05, 0.1) is 17.0 Å². The standard InChI is InChI=1S/C10H9NO6S/c12-8-5-9(13)11(10(8)14)6-1-3-7(4-2-6)18(15,16)17/h1-4,8,12H,5H2,(H,15,16,17). The van der Waals surface area contributed by atoms with Crippen LogP contribution in [-0.4, -0.2) is 36.0 Å². The van der Waals surface area contributed by atoms with E-state index in [0.717, 1.165) is 17.0 Å². The van der Waals surface area contributed by atoms with Crippen molar-refractivity contribution < 1.29 is 27.7 Å². The molecule has 1 saturated heterocycles. The Bertz CT molecular complexity index is 606. The zero-order valence-electron chi connectivity index (χ0n) is 8.98. The minimum atomic E-state index is -4.32. The fourth-order valence-corrected chi connectivity index (χ4v) is 2.13. The lowest BCUT2D eigenvalue weighted by atomic mass is 10.3. The average molecular weight is 271 g/mol. The summed E-state index contributed by atoms with van der Waals surface area (Å²) >= 11 is 0. The minimum absolute atomic E-state index is 0.147. The molecular formula is C10H9NO6S. The molecule has 1 fully saturated rings. The van der Waals surface area contributed by atoms with E-state index in [4.69, 9.17) is 4.55 Å². The number of nitrogens with zero attached hydrogens (tertiary/aromatic N) is 1. The van der Waals surface area contributed by atoms with Gasteiger partial charge in [-0.1, -0.05) is 0 Å². The van der Waals surface area contributed by atoms with Crippen molar-refractivity contribution >= 4 is 27.6 Å². The van der Waals surface area contributed by atoms with E-state index in [1.807, 2.05) is 0 Å². The topological polar surface area (TPSA) is 112 Å². The summed E-state index contributed by atoms with van der Waals surface area (Å²) in [4.78, 5) is 23.4. The molecule has 1 aliphatic rings. The first-order chi connectivity index (χ1) is 8.30. The van der Waals surface area contributed by atoms with Gasteiger partial charge in [-0.2, -0.15) is 8.42 Å². The first-order valence-electron chi connectivity index (χ1n) is 4.93. The number of rotatable bonds is 2. The molecule has 0 saturated carbocycles. The third kappa shape index (κ3) is 2.13. The van der Waals surface area contributed by atoms with Crippen LogP contribution in [0.3, 0.4) is 0 Å². The summed E-state index contributed by atoms with van der Waals surface area (Å²) in [5.41, 5.74) is 0.147. The quantitative estimate of drug-likeness (QED) is 0.557. The van der Waals surface area contributed by atoms with Crippen molar-refractivity contribution in [3.8, 4) is 0 Å². The smallest absolute Gasteiger partial charge is 0.294 e. The van der Waals surface area contributed by atoms with E-state index in [1.165, 1.54) is 12.1 Å². The molecule has 8 heteroatoms. The van der Waals surface area contributed by atoms with Crippen LogP contribution in [0.1, 0.15) is 6.42 Å². The zero-order chi connectivity index (χ0) is 13.5. The molecule has 7 nitrogen and oxygen atoms in total. The maximum atomic E-state index is 11.5. The van der Waals surface area contributed by atoms with Crippen LogP contribution in [-0.2, 0) is 19.7 Å². The molecule has 96 valence electrons. The molecular weight excluding hydrogens is 262 g/mol. The minimum Gasteiger partial charge on any atom is -0.383 e. The first-order valence-corrected chi connectivity index (χ1v) is 6.37. The van der Waals surface area contributed by atoms with Crippen molar-refractivity contribution in [2.45, 2.75) is 17.4 Å². The number of imide groups is 1. The van der Waals surface area contributed by atoms with E-state index in [2.05, 4.69) is 0 Å². The van der Waals surface area contributed by atoms with Gasteiger partial charge in [0.15, 0.2) is 0 Å². The largest absolute Gasteiger partial charge is 0.383 e. The highest BCUT2D eigenvalue weighted by Crippen LogP contribution is 2.24. The molecule has 18 heavy (non-hydrogen) atoms. The summed E-state index contributed by atoms with van der Waals surface area (Å²) in [7, 11) is -4.32. The van der Waals surface area contributed by atoms with Crippen LogP contribution in [0.25, 0.3) is 0 Å². The molecule has 1 heterocycles. The summed E-state index contributed by atoms with van der Waals surface area (Å²) in [6, 6.07) is 4.54. The lowest BCUT2D eigenvalue weighted by Gasteiger charge is -2.13.